The number of aryl methyl sites for hydroxylation is 1. The number of hydrogen-bond acceptors (Lipinski definition) is 4. The molecule has 0 aliphatic carbocycles. The lowest BCUT2D eigenvalue weighted by Gasteiger charge is -2.23. The molecule has 1 aromatic rings. The zero-order chi connectivity index (χ0) is 17.9. The number of carbonyl (C=O) groups excluding carboxylic acids is 2. The molecule has 128 valence electrons. The number of carbonyl (C=O) groups is 2. The van der Waals surface area contributed by atoms with E-state index in [-0.39, 0.29) is 29.2 Å². The fraction of sp³-hybridized carbons (Fsp3) is 0.579. The molecule has 0 N–H and O–H groups in total. The van der Waals surface area contributed by atoms with Crippen LogP contribution in [0.15, 0.2) is 12.1 Å². The van der Waals surface area contributed by atoms with E-state index in [0.717, 1.165) is 11.1 Å². The maximum atomic E-state index is 12.0. The first-order valence-corrected chi connectivity index (χ1v) is 8.02. The second kappa shape index (κ2) is 7.16. The van der Waals surface area contributed by atoms with E-state index >= 15 is 0 Å². The fourth-order valence-corrected chi connectivity index (χ4v) is 1.83. The normalized spacial score (nSPS) is 11.7. The molecule has 0 bridgehead atoms. The molecule has 0 atom stereocenters. The summed E-state index contributed by atoms with van der Waals surface area (Å²) in [6.45, 7) is 15.2. The molecule has 0 unspecified atom stereocenters. The maximum absolute atomic E-state index is 12.0. The van der Waals surface area contributed by atoms with Gasteiger partial charge in [0.1, 0.15) is 0 Å². The summed E-state index contributed by atoms with van der Waals surface area (Å²) in [6.07, 6.45) is 0. The predicted molar refractivity (Wildman–Crippen MR) is 90.8 cm³/mol. The van der Waals surface area contributed by atoms with Crippen molar-refractivity contribution in [1.29, 1.82) is 0 Å². The van der Waals surface area contributed by atoms with Crippen LogP contribution >= 0.6 is 0 Å². The molecule has 0 fully saturated rings. The fourth-order valence-electron chi connectivity index (χ4n) is 1.83. The lowest BCUT2D eigenvalue weighted by molar-refractivity contribution is -0.140. The Morgan fingerprint density at radius 1 is 0.913 bits per heavy atom. The molecular weight excluding hydrogens is 292 g/mol. The SMILES string of the molecule is Cc1cc(C(C)(C)C)cc(OC(=O)C(C)C)c1OC(=O)C(C)C. The average molecular weight is 320 g/mol. The van der Waals surface area contributed by atoms with E-state index in [2.05, 4.69) is 20.8 Å². The van der Waals surface area contributed by atoms with Gasteiger partial charge < -0.3 is 9.47 Å². The minimum absolute atomic E-state index is 0.107. The van der Waals surface area contributed by atoms with Crippen LogP contribution in [0.4, 0.5) is 0 Å². The molecule has 0 heterocycles. The molecule has 0 aromatic heterocycles. The summed E-state index contributed by atoms with van der Waals surface area (Å²) < 4.78 is 11.0. The van der Waals surface area contributed by atoms with E-state index in [1.807, 2.05) is 13.0 Å². The number of hydrogen-bond donors (Lipinski definition) is 0. The number of ether oxygens (including phenoxy) is 2. The summed E-state index contributed by atoms with van der Waals surface area (Å²) in [4.78, 5) is 23.9. The lowest BCUT2D eigenvalue weighted by Crippen LogP contribution is -2.20. The summed E-state index contributed by atoms with van der Waals surface area (Å²) in [5.74, 6) is -0.586. The van der Waals surface area contributed by atoms with Crippen LogP contribution in [-0.2, 0) is 15.0 Å². The van der Waals surface area contributed by atoms with E-state index in [4.69, 9.17) is 9.47 Å². The van der Waals surface area contributed by atoms with Gasteiger partial charge in [-0.25, -0.2) is 0 Å². The Labute approximate surface area is 139 Å². The quantitative estimate of drug-likeness (QED) is 0.609. The summed E-state index contributed by atoms with van der Waals surface area (Å²) >= 11 is 0. The summed E-state index contributed by atoms with van der Waals surface area (Å²) in [5, 5.41) is 0. The molecule has 0 radical (unpaired) electrons. The van der Waals surface area contributed by atoms with Crippen molar-refractivity contribution < 1.29 is 19.1 Å². The zero-order valence-corrected chi connectivity index (χ0v) is 15.4. The minimum Gasteiger partial charge on any atom is -0.422 e. The van der Waals surface area contributed by atoms with Gasteiger partial charge in [-0.05, 0) is 29.5 Å². The topological polar surface area (TPSA) is 52.6 Å². The van der Waals surface area contributed by atoms with Gasteiger partial charge in [-0.15, -0.1) is 0 Å². The third-order valence-corrected chi connectivity index (χ3v) is 3.46. The van der Waals surface area contributed by atoms with Gasteiger partial charge in [0.15, 0.2) is 11.5 Å². The Kier molecular flexibility index (Phi) is 5.98. The molecular formula is C19H28O4. The molecule has 0 amide bonds. The number of esters is 2. The number of rotatable bonds is 4. The van der Waals surface area contributed by atoms with Crippen molar-refractivity contribution in [1.82, 2.24) is 0 Å². The van der Waals surface area contributed by atoms with Gasteiger partial charge in [-0.2, -0.15) is 0 Å². The van der Waals surface area contributed by atoms with Gasteiger partial charge in [0.05, 0.1) is 11.8 Å². The Bertz CT molecular complexity index is 592. The largest absolute Gasteiger partial charge is 0.422 e. The molecule has 4 nitrogen and oxygen atoms in total. The van der Waals surface area contributed by atoms with Crippen LogP contribution in [0.1, 0.15) is 59.6 Å². The van der Waals surface area contributed by atoms with Crippen molar-refractivity contribution in [3.8, 4) is 11.5 Å². The van der Waals surface area contributed by atoms with Gasteiger partial charge in [0, 0.05) is 0 Å². The van der Waals surface area contributed by atoms with Crippen molar-refractivity contribution >= 4 is 11.9 Å². The van der Waals surface area contributed by atoms with Crippen molar-refractivity contribution in [2.75, 3.05) is 0 Å². The van der Waals surface area contributed by atoms with Gasteiger partial charge in [0.25, 0.3) is 0 Å². The van der Waals surface area contributed by atoms with E-state index in [9.17, 15) is 9.59 Å². The van der Waals surface area contributed by atoms with Crippen molar-refractivity contribution in [2.24, 2.45) is 11.8 Å². The molecule has 0 saturated carbocycles. The van der Waals surface area contributed by atoms with Gasteiger partial charge in [0.2, 0.25) is 0 Å². The highest BCUT2D eigenvalue weighted by Crippen LogP contribution is 2.37. The van der Waals surface area contributed by atoms with Crippen LogP contribution in [0.2, 0.25) is 0 Å². The monoisotopic (exact) mass is 320 g/mol. The van der Waals surface area contributed by atoms with Crippen LogP contribution < -0.4 is 9.47 Å². The molecule has 23 heavy (non-hydrogen) atoms. The summed E-state index contributed by atoms with van der Waals surface area (Å²) in [5.41, 5.74) is 1.69. The van der Waals surface area contributed by atoms with Crippen molar-refractivity contribution in [3.63, 3.8) is 0 Å². The second-order valence-corrected chi connectivity index (χ2v) is 7.52. The van der Waals surface area contributed by atoms with Crippen molar-refractivity contribution in [3.05, 3.63) is 23.3 Å². The molecule has 0 saturated heterocycles. The molecule has 1 rings (SSSR count). The summed E-state index contributed by atoms with van der Waals surface area (Å²) in [7, 11) is 0. The highest BCUT2D eigenvalue weighted by molar-refractivity contribution is 5.78. The van der Waals surface area contributed by atoms with E-state index < -0.39 is 0 Å². The summed E-state index contributed by atoms with van der Waals surface area (Å²) in [6, 6.07) is 3.76. The first-order chi connectivity index (χ1) is 10.4. The molecule has 0 spiro atoms. The molecule has 0 aliphatic heterocycles. The predicted octanol–water partition coefficient (Wildman–Crippen LogP) is 4.42. The first-order valence-electron chi connectivity index (χ1n) is 8.02. The standard InChI is InChI=1S/C19H28O4/c1-11(2)17(20)22-15-10-14(19(6,7)8)9-13(5)16(15)23-18(21)12(3)4/h9-12H,1-8H3. The third kappa shape index (κ3) is 5.08. The Morgan fingerprint density at radius 2 is 1.39 bits per heavy atom. The van der Waals surface area contributed by atoms with Gasteiger partial charge in [-0.3, -0.25) is 9.59 Å². The minimum atomic E-state index is -0.350. The van der Waals surface area contributed by atoms with Crippen LogP contribution in [0, 0.1) is 18.8 Å². The van der Waals surface area contributed by atoms with Gasteiger partial charge >= 0.3 is 11.9 Å². The van der Waals surface area contributed by atoms with E-state index in [1.54, 1.807) is 33.8 Å². The smallest absolute Gasteiger partial charge is 0.313 e. The molecule has 1 aromatic carbocycles. The Morgan fingerprint density at radius 3 is 1.83 bits per heavy atom. The second-order valence-electron chi connectivity index (χ2n) is 7.52. The third-order valence-electron chi connectivity index (χ3n) is 3.46. The zero-order valence-electron chi connectivity index (χ0n) is 15.4. The molecule has 0 aliphatic rings. The Hall–Kier alpha value is -1.84. The van der Waals surface area contributed by atoms with Crippen LogP contribution in [0.5, 0.6) is 11.5 Å². The van der Waals surface area contributed by atoms with Crippen LogP contribution in [0.25, 0.3) is 0 Å². The lowest BCUT2D eigenvalue weighted by atomic mass is 9.86. The average Bonchev–Trinajstić information content (AvgIpc) is 2.40. The highest BCUT2D eigenvalue weighted by Gasteiger charge is 2.23. The molecule has 4 heteroatoms. The van der Waals surface area contributed by atoms with Crippen molar-refractivity contribution in [2.45, 2.75) is 60.8 Å². The number of benzene rings is 1. The Balaban J connectivity index is 3.36. The highest BCUT2D eigenvalue weighted by atomic mass is 16.6. The maximum Gasteiger partial charge on any atom is 0.313 e. The van der Waals surface area contributed by atoms with Gasteiger partial charge in [-0.1, -0.05) is 54.5 Å². The van der Waals surface area contributed by atoms with Crippen LogP contribution in [-0.4, -0.2) is 11.9 Å². The van der Waals surface area contributed by atoms with E-state index in [0.29, 0.717) is 11.5 Å². The van der Waals surface area contributed by atoms with Crippen LogP contribution in [0.3, 0.4) is 0 Å². The van der Waals surface area contributed by atoms with E-state index in [1.165, 1.54) is 0 Å². The first kappa shape index (κ1) is 19.2.